The van der Waals surface area contributed by atoms with Gasteiger partial charge >= 0.3 is 0 Å². The molecule has 3 aromatic carbocycles. The smallest absolute Gasteiger partial charge is 0.141 e. The second-order valence-corrected chi connectivity index (χ2v) is 7.40. The van der Waals surface area contributed by atoms with Gasteiger partial charge in [0.25, 0.3) is 0 Å². The molecule has 5 nitrogen and oxygen atoms in total. The average Bonchev–Trinajstić information content (AvgIpc) is 3.47. The van der Waals surface area contributed by atoms with Crippen molar-refractivity contribution in [2.75, 3.05) is 0 Å². The molecule has 0 bridgehead atoms. The largest absolute Gasteiger partial charge is 0.309 e. The van der Waals surface area contributed by atoms with Crippen molar-refractivity contribution in [2.24, 2.45) is 5.10 Å². The van der Waals surface area contributed by atoms with Gasteiger partial charge in [0.1, 0.15) is 12.7 Å². The Bertz CT molecular complexity index is 1310. The quantitative estimate of drug-likeness (QED) is 0.328. The van der Waals surface area contributed by atoms with E-state index in [0.29, 0.717) is 5.02 Å². The lowest BCUT2D eigenvalue weighted by atomic mass is 10.1. The molecule has 0 N–H and O–H groups in total. The summed E-state index contributed by atoms with van der Waals surface area (Å²) in [5, 5.41) is 12.9. The molecule has 2 aromatic heterocycles. The summed E-state index contributed by atoms with van der Waals surface area (Å²) in [4.78, 5) is 0. The van der Waals surface area contributed by atoms with Crippen LogP contribution in [-0.4, -0.2) is 25.7 Å². The van der Waals surface area contributed by atoms with Gasteiger partial charge in [0.2, 0.25) is 0 Å². The molecule has 0 saturated carbocycles. The van der Waals surface area contributed by atoms with E-state index in [0.717, 1.165) is 33.8 Å². The van der Waals surface area contributed by atoms with Gasteiger partial charge in [0.05, 0.1) is 17.6 Å². The van der Waals surface area contributed by atoms with Crippen LogP contribution in [0.25, 0.3) is 28.2 Å². The van der Waals surface area contributed by atoms with E-state index in [9.17, 15) is 0 Å². The predicted molar refractivity (Wildman–Crippen MR) is 125 cm³/mol. The van der Waals surface area contributed by atoms with Crippen molar-refractivity contribution in [3.63, 3.8) is 0 Å². The molecule has 0 spiro atoms. The van der Waals surface area contributed by atoms with Crippen LogP contribution in [0.4, 0.5) is 0 Å². The van der Waals surface area contributed by atoms with Crippen LogP contribution in [0.1, 0.15) is 5.56 Å². The monoisotopic (exact) mass is 423 g/mol. The van der Waals surface area contributed by atoms with Crippen molar-refractivity contribution in [3.8, 4) is 28.2 Å². The normalized spacial score (nSPS) is 11.3. The minimum atomic E-state index is 0.702. The lowest BCUT2D eigenvalue weighted by Crippen LogP contribution is -2.00. The lowest BCUT2D eigenvalue weighted by molar-refractivity contribution is 0.878. The first-order valence-corrected chi connectivity index (χ1v) is 10.2. The topological polar surface area (TPSA) is 48.0 Å². The van der Waals surface area contributed by atoms with Gasteiger partial charge < -0.3 is 4.57 Å². The Balaban J connectivity index is 1.79. The number of hydrogen-bond acceptors (Lipinski definition) is 3. The van der Waals surface area contributed by atoms with E-state index in [1.165, 1.54) is 0 Å². The first-order valence-electron chi connectivity index (χ1n) is 9.81. The Hall–Kier alpha value is -3.96. The molecule has 0 amide bonds. The molecule has 0 atom stereocenters. The summed E-state index contributed by atoms with van der Waals surface area (Å²) in [6, 6.07) is 30.7. The van der Waals surface area contributed by atoms with Gasteiger partial charge in [-0.2, -0.15) is 5.10 Å². The van der Waals surface area contributed by atoms with Crippen LogP contribution in [0.5, 0.6) is 0 Å². The highest BCUT2D eigenvalue weighted by molar-refractivity contribution is 6.30. The van der Waals surface area contributed by atoms with Crippen molar-refractivity contribution < 1.29 is 0 Å². The number of hydrogen-bond donors (Lipinski definition) is 0. The summed E-state index contributed by atoms with van der Waals surface area (Å²) in [6.07, 6.45) is 4.96. The summed E-state index contributed by atoms with van der Waals surface area (Å²) in [5.74, 6) is 0. The van der Waals surface area contributed by atoms with Crippen LogP contribution in [0.15, 0.2) is 109 Å². The Morgan fingerprint density at radius 1 is 0.742 bits per heavy atom. The van der Waals surface area contributed by atoms with E-state index >= 15 is 0 Å². The van der Waals surface area contributed by atoms with Crippen molar-refractivity contribution in [1.29, 1.82) is 0 Å². The minimum absolute atomic E-state index is 0.702. The Labute approximate surface area is 184 Å². The zero-order chi connectivity index (χ0) is 21.0. The molecule has 0 aliphatic heterocycles. The van der Waals surface area contributed by atoms with Gasteiger partial charge in [0, 0.05) is 16.3 Å². The first kappa shape index (κ1) is 19.0. The highest BCUT2D eigenvalue weighted by Crippen LogP contribution is 2.35. The maximum Gasteiger partial charge on any atom is 0.141 e. The maximum absolute atomic E-state index is 6.18. The molecule has 0 saturated heterocycles. The van der Waals surface area contributed by atoms with E-state index in [1.807, 2.05) is 66.9 Å². The Morgan fingerprint density at radius 3 is 2.00 bits per heavy atom. The molecule has 0 unspecified atom stereocenters. The molecular formula is C25H18ClN5. The molecule has 0 radical (unpaired) electrons. The fraction of sp³-hybridized carbons (Fsp3) is 0. The van der Waals surface area contributed by atoms with Gasteiger partial charge in [0.15, 0.2) is 0 Å². The highest BCUT2D eigenvalue weighted by atomic mass is 35.5. The predicted octanol–water partition coefficient (Wildman–Crippen LogP) is 5.94. The molecule has 6 heteroatoms. The average molecular weight is 424 g/mol. The number of aromatic nitrogens is 4. The number of rotatable bonds is 5. The van der Waals surface area contributed by atoms with E-state index in [2.05, 4.69) is 50.2 Å². The molecule has 150 valence electrons. The lowest BCUT2D eigenvalue weighted by Gasteiger charge is -2.15. The molecule has 0 aliphatic rings. The van der Waals surface area contributed by atoms with Crippen LogP contribution in [0.2, 0.25) is 5.02 Å². The summed E-state index contributed by atoms with van der Waals surface area (Å²) in [6.45, 7) is 0. The van der Waals surface area contributed by atoms with Crippen LogP contribution in [-0.2, 0) is 0 Å². The summed E-state index contributed by atoms with van der Waals surface area (Å²) in [5.41, 5.74) is 6.30. The van der Waals surface area contributed by atoms with Gasteiger partial charge in [-0.3, -0.25) is 0 Å². The van der Waals surface area contributed by atoms with Crippen molar-refractivity contribution in [2.45, 2.75) is 0 Å². The van der Waals surface area contributed by atoms with E-state index in [-0.39, 0.29) is 0 Å². The maximum atomic E-state index is 6.18. The zero-order valence-corrected chi connectivity index (χ0v) is 17.3. The zero-order valence-electron chi connectivity index (χ0n) is 16.5. The Kier molecular flexibility index (Phi) is 5.17. The van der Waals surface area contributed by atoms with E-state index in [1.54, 1.807) is 17.3 Å². The Morgan fingerprint density at radius 2 is 1.35 bits per heavy atom. The van der Waals surface area contributed by atoms with Gasteiger partial charge in [-0.15, -0.1) is 10.2 Å². The summed E-state index contributed by atoms with van der Waals surface area (Å²) >= 11 is 6.18. The number of nitrogens with zero attached hydrogens (tertiary/aromatic N) is 5. The van der Waals surface area contributed by atoms with Gasteiger partial charge in [-0.05, 0) is 41.5 Å². The third-order valence-electron chi connectivity index (χ3n) is 4.97. The summed E-state index contributed by atoms with van der Waals surface area (Å²) < 4.78 is 3.82. The second-order valence-electron chi connectivity index (χ2n) is 6.96. The van der Waals surface area contributed by atoms with Crippen LogP contribution >= 0.6 is 11.6 Å². The van der Waals surface area contributed by atoms with Crippen molar-refractivity contribution in [1.82, 2.24) is 19.4 Å². The molecule has 5 aromatic rings. The van der Waals surface area contributed by atoms with Crippen LogP contribution in [0.3, 0.4) is 0 Å². The molecule has 0 fully saturated rings. The van der Waals surface area contributed by atoms with E-state index < -0.39 is 0 Å². The van der Waals surface area contributed by atoms with Crippen molar-refractivity contribution >= 4 is 17.8 Å². The second kappa shape index (κ2) is 8.42. The third kappa shape index (κ3) is 3.91. The van der Waals surface area contributed by atoms with Gasteiger partial charge in [-0.25, -0.2) is 4.68 Å². The molecule has 0 aliphatic carbocycles. The van der Waals surface area contributed by atoms with E-state index in [4.69, 9.17) is 11.6 Å². The minimum Gasteiger partial charge on any atom is -0.309 e. The third-order valence-corrected chi connectivity index (χ3v) is 5.22. The highest BCUT2D eigenvalue weighted by Gasteiger charge is 2.18. The number of halogens is 1. The van der Waals surface area contributed by atoms with Crippen molar-refractivity contribution in [3.05, 3.63) is 114 Å². The molecule has 31 heavy (non-hydrogen) atoms. The van der Waals surface area contributed by atoms with Crippen LogP contribution < -0.4 is 0 Å². The summed E-state index contributed by atoms with van der Waals surface area (Å²) in [7, 11) is 0. The molecular weight excluding hydrogens is 406 g/mol. The SMILES string of the molecule is Clc1ccc(-n2c(-c3ccccc3)cc(C=Nn3cnnc3)c2-c2ccccc2)cc1. The first-order chi connectivity index (χ1) is 15.3. The molecule has 2 heterocycles. The fourth-order valence-corrected chi connectivity index (χ4v) is 3.71. The standard InChI is InChI=1S/C25H18ClN5/c26-22-11-13-23(14-12-22)31-24(19-7-3-1-4-8-19)15-21(16-29-30-17-27-28-18-30)25(31)20-9-5-2-6-10-20/h1-18H. The molecule has 5 rings (SSSR count). The fourth-order valence-electron chi connectivity index (χ4n) is 3.58. The van der Waals surface area contributed by atoms with Gasteiger partial charge in [-0.1, -0.05) is 72.3 Å². The number of benzene rings is 3. The van der Waals surface area contributed by atoms with Crippen LogP contribution in [0, 0.1) is 0 Å².